The fourth-order valence-electron chi connectivity index (χ4n) is 5.20. The van der Waals surface area contributed by atoms with Gasteiger partial charge in [0.25, 0.3) is 0 Å². The Morgan fingerprint density at radius 2 is 2.06 bits per heavy atom. The van der Waals surface area contributed by atoms with Gasteiger partial charge in [0.2, 0.25) is 5.91 Å². The molecule has 1 aromatic carbocycles. The molecule has 0 radical (unpaired) electrons. The monoisotopic (exact) mass is 462 g/mol. The summed E-state index contributed by atoms with van der Waals surface area (Å²) in [5, 5.41) is 13.9. The number of phenols is 1. The number of ketones is 2. The minimum absolute atomic E-state index is 0.0671. The molecule has 2 saturated heterocycles. The van der Waals surface area contributed by atoms with Crippen molar-refractivity contribution in [1.82, 2.24) is 14.7 Å². The molecule has 176 valence electrons. The van der Waals surface area contributed by atoms with E-state index in [1.54, 1.807) is 47.4 Å². The van der Waals surface area contributed by atoms with E-state index < -0.39 is 11.3 Å². The molecular weight excluding hydrogens is 436 g/mol. The SMILES string of the molecule is NC(=O)C1(Cc2ccc(O)cc2)C=CC(n2cccn2)=C(CCN2CCC3OCC(=O)C32)C1=O. The van der Waals surface area contributed by atoms with Crippen LogP contribution in [0.15, 0.2) is 60.5 Å². The van der Waals surface area contributed by atoms with Gasteiger partial charge in [-0.05, 0) is 49.1 Å². The third-order valence-corrected chi connectivity index (χ3v) is 6.99. The minimum atomic E-state index is -1.55. The van der Waals surface area contributed by atoms with Crippen LogP contribution in [0.1, 0.15) is 18.4 Å². The maximum atomic E-state index is 14.0. The van der Waals surface area contributed by atoms with Gasteiger partial charge in [0.15, 0.2) is 11.6 Å². The number of allylic oxidation sites excluding steroid dienone is 2. The smallest absolute Gasteiger partial charge is 0.235 e. The summed E-state index contributed by atoms with van der Waals surface area (Å²) in [7, 11) is 0. The number of Topliss-reactive ketones (excluding diaryl/α,β-unsaturated/α-hetero) is 2. The van der Waals surface area contributed by atoms with Crippen LogP contribution < -0.4 is 5.73 Å². The molecule has 9 nitrogen and oxygen atoms in total. The molecule has 3 aliphatic rings. The molecule has 1 aromatic heterocycles. The number of nitrogens with zero attached hydrogens (tertiary/aromatic N) is 3. The van der Waals surface area contributed by atoms with Crippen LogP contribution in [0.2, 0.25) is 0 Å². The highest BCUT2D eigenvalue weighted by Gasteiger charge is 2.48. The van der Waals surface area contributed by atoms with E-state index in [4.69, 9.17) is 10.5 Å². The highest BCUT2D eigenvalue weighted by molar-refractivity contribution is 6.19. The molecule has 9 heteroatoms. The topological polar surface area (TPSA) is 128 Å². The third-order valence-electron chi connectivity index (χ3n) is 6.99. The van der Waals surface area contributed by atoms with Crippen molar-refractivity contribution in [2.24, 2.45) is 11.1 Å². The summed E-state index contributed by atoms with van der Waals surface area (Å²) < 4.78 is 7.18. The Kier molecular flexibility index (Phi) is 5.66. The Morgan fingerprint density at radius 3 is 2.76 bits per heavy atom. The van der Waals surface area contributed by atoms with E-state index in [1.165, 1.54) is 12.1 Å². The normalized spacial score (nSPS) is 26.9. The molecule has 1 amide bonds. The molecule has 3 N–H and O–H groups in total. The predicted octanol–water partition coefficient (Wildman–Crippen LogP) is 1.09. The standard InChI is InChI=1S/C25H26N4O5/c26-24(33)25(14-16-2-4-17(30)5-3-16)9-6-19(29-11-1-10-27-29)18(23(25)32)7-12-28-13-8-21-22(28)20(31)15-34-21/h1-6,9-11,21-22,30H,7-8,12-15H2,(H2,26,33). The van der Waals surface area contributed by atoms with Crippen LogP contribution in [0.25, 0.3) is 5.70 Å². The highest BCUT2D eigenvalue weighted by Crippen LogP contribution is 2.38. The Labute approximate surface area is 196 Å². The number of primary amides is 1. The molecule has 2 fully saturated rings. The number of hydrogen-bond acceptors (Lipinski definition) is 7. The summed E-state index contributed by atoms with van der Waals surface area (Å²) in [5.74, 6) is -0.943. The number of amides is 1. The molecule has 3 unspecified atom stereocenters. The summed E-state index contributed by atoms with van der Waals surface area (Å²) in [5.41, 5.74) is 6.00. The number of ether oxygens (including phenoxy) is 1. The second-order valence-corrected chi connectivity index (χ2v) is 8.99. The van der Waals surface area contributed by atoms with Gasteiger partial charge in [0.1, 0.15) is 17.8 Å². The molecule has 2 aromatic rings. The van der Waals surface area contributed by atoms with Gasteiger partial charge in [-0.15, -0.1) is 0 Å². The van der Waals surface area contributed by atoms with Crippen molar-refractivity contribution in [3.8, 4) is 5.75 Å². The van der Waals surface area contributed by atoms with Crippen molar-refractivity contribution < 1.29 is 24.2 Å². The molecule has 0 bridgehead atoms. The maximum absolute atomic E-state index is 14.0. The largest absolute Gasteiger partial charge is 0.508 e. The number of carbonyl (C=O) groups is 3. The Hall–Kier alpha value is -3.56. The average Bonchev–Trinajstić information content (AvgIpc) is 3.56. The predicted molar refractivity (Wildman–Crippen MR) is 122 cm³/mol. The molecule has 2 aliphatic heterocycles. The van der Waals surface area contributed by atoms with Gasteiger partial charge in [-0.2, -0.15) is 5.10 Å². The van der Waals surface area contributed by atoms with Gasteiger partial charge in [0.05, 0.1) is 17.8 Å². The highest BCUT2D eigenvalue weighted by atomic mass is 16.5. The fourth-order valence-corrected chi connectivity index (χ4v) is 5.20. The van der Waals surface area contributed by atoms with Crippen LogP contribution in [-0.4, -0.2) is 69.1 Å². The molecule has 0 saturated carbocycles. The Balaban J connectivity index is 1.47. The van der Waals surface area contributed by atoms with Crippen molar-refractivity contribution in [2.75, 3.05) is 19.7 Å². The molecule has 3 atom stereocenters. The quantitative estimate of drug-likeness (QED) is 0.590. The second-order valence-electron chi connectivity index (χ2n) is 8.99. The molecular formula is C25H26N4O5. The second kappa shape index (κ2) is 8.66. The van der Waals surface area contributed by atoms with Crippen LogP contribution >= 0.6 is 0 Å². The van der Waals surface area contributed by atoms with Gasteiger partial charge in [-0.25, -0.2) is 4.68 Å². The van der Waals surface area contributed by atoms with Gasteiger partial charge < -0.3 is 15.6 Å². The lowest BCUT2D eigenvalue weighted by atomic mass is 9.71. The van der Waals surface area contributed by atoms with E-state index in [9.17, 15) is 19.5 Å². The first kappa shape index (κ1) is 22.2. The molecule has 3 heterocycles. The van der Waals surface area contributed by atoms with Crippen molar-refractivity contribution >= 4 is 23.2 Å². The molecule has 5 rings (SSSR count). The number of aromatic nitrogens is 2. The van der Waals surface area contributed by atoms with E-state index in [-0.39, 0.29) is 42.5 Å². The number of carbonyl (C=O) groups excluding carboxylic acids is 3. The van der Waals surface area contributed by atoms with Crippen LogP contribution in [0.3, 0.4) is 0 Å². The minimum Gasteiger partial charge on any atom is -0.508 e. The number of likely N-dealkylation sites (tertiary alicyclic amines) is 1. The van der Waals surface area contributed by atoms with Crippen LogP contribution in [0.4, 0.5) is 0 Å². The number of benzene rings is 1. The van der Waals surface area contributed by atoms with Crippen LogP contribution in [0, 0.1) is 5.41 Å². The maximum Gasteiger partial charge on any atom is 0.235 e. The first-order chi connectivity index (χ1) is 16.4. The zero-order valence-electron chi connectivity index (χ0n) is 18.6. The molecule has 34 heavy (non-hydrogen) atoms. The van der Waals surface area contributed by atoms with Gasteiger partial charge >= 0.3 is 0 Å². The number of nitrogens with two attached hydrogens (primary N) is 1. The van der Waals surface area contributed by atoms with Crippen LogP contribution in [-0.2, 0) is 25.5 Å². The molecule has 1 aliphatic carbocycles. The zero-order valence-corrected chi connectivity index (χ0v) is 18.6. The van der Waals surface area contributed by atoms with E-state index in [0.29, 0.717) is 36.3 Å². The van der Waals surface area contributed by atoms with Crippen LogP contribution in [0.5, 0.6) is 5.75 Å². The average molecular weight is 463 g/mol. The van der Waals surface area contributed by atoms with E-state index in [0.717, 1.165) is 6.42 Å². The summed E-state index contributed by atoms with van der Waals surface area (Å²) in [6.45, 7) is 1.32. The third kappa shape index (κ3) is 3.76. The lowest BCUT2D eigenvalue weighted by molar-refractivity contribution is -0.135. The van der Waals surface area contributed by atoms with E-state index in [1.807, 2.05) is 0 Å². The van der Waals surface area contributed by atoms with Gasteiger partial charge in [-0.1, -0.05) is 18.2 Å². The summed E-state index contributed by atoms with van der Waals surface area (Å²) in [6.07, 6.45) is 7.75. The lowest BCUT2D eigenvalue weighted by Crippen LogP contribution is -2.47. The van der Waals surface area contributed by atoms with E-state index in [2.05, 4.69) is 10.00 Å². The first-order valence-corrected chi connectivity index (χ1v) is 11.3. The fraction of sp³-hybridized carbons (Fsp3) is 0.360. The Morgan fingerprint density at radius 1 is 1.26 bits per heavy atom. The van der Waals surface area contributed by atoms with Gasteiger partial charge in [0, 0.05) is 31.1 Å². The van der Waals surface area contributed by atoms with Crippen molar-refractivity contribution in [3.05, 3.63) is 66.0 Å². The van der Waals surface area contributed by atoms with Gasteiger partial charge in [-0.3, -0.25) is 19.3 Å². The summed E-state index contributed by atoms with van der Waals surface area (Å²) in [6, 6.07) is 7.85. The Bertz CT molecular complexity index is 1180. The first-order valence-electron chi connectivity index (χ1n) is 11.3. The number of phenolic OH excluding ortho intramolecular Hbond substituents is 1. The number of aromatic hydroxyl groups is 1. The number of fused-ring (bicyclic) bond motifs is 1. The molecule has 0 spiro atoms. The summed E-state index contributed by atoms with van der Waals surface area (Å²) in [4.78, 5) is 41.0. The zero-order chi connectivity index (χ0) is 23.9. The number of hydrogen-bond donors (Lipinski definition) is 2. The van der Waals surface area contributed by atoms with Crippen molar-refractivity contribution in [1.29, 1.82) is 0 Å². The van der Waals surface area contributed by atoms with E-state index >= 15 is 0 Å². The summed E-state index contributed by atoms with van der Waals surface area (Å²) >= 11 is 0. The van der Waals surface area contributed by atoms with Crippen molar-refractivity contribution in [2.45, 2.75) is 31.4 Å². The number of rotatable bonds is 7. The van der Waals surface area contributed by atoms with Crippen molar-refractivity contribution in [3.63, 3.8) is 0 Å². The lowest BCUT2D eigenvalue weighted by Gasteiger charge is -2.32.